The van der Waals surface area contributed by atoms with Crippen LogP contribution in [0.25, 0.3) is 0 Å². The van der Waals surface area contributed by atoms with Gasteiger partial charge in [-0.05, 0) is 66.9 Å². The summed E-state index contributed by atoms with van der Waals surface area (Å²) in [6.07, 6.45) is 4.68. The van der Waals surface area contributed by atoms with Gasteiger partial charge in [0.2, 0.25) is 0 Å². The summed E-state index contributed by atoms with van der Waals surface area (Å²) in [5.41, 5.74) is 1.68. The fraction of sp³-hybridized carbons (Fsp3) is 0.750. The lowest BCUT2D eigenvalue weighted by Crippen LogP contribution is -2.28. The molecule has 1 aromatic rings. The summed E-state index contributed by atoms with van der Waals surface area (Å²) in [4.78, 5) is 1.19. The fourth-order valence-corrected chi connectivity index (χ4v) is 4.21. The highest BCUT2D eigenvalue weighted by Crippen LogP contribution is 2.44. The molecule has 1 saturated carbocycles. The van der Waals surface area contributed by atoms with Gasteiger partial charge in [0.1, 0.15) is 0 Å². The van der Waals surface area contributed by atoms with Crippen LogP contribution in [0.15, 0.2) is 11.4 Å². The highest BCUT2D eigenvalue weighted by Gasteiger charge is 2.33. The molecule has 0 amide bonds. The van der Waals surface area contributed by atoms with Gasteiger partial charge in [-0.15, -0.1) is 11.3 Å². The Labute approximate surface area is 115 Å². The predicted octanol–water partition coefficient (Wildman–Crippen LogP) is 4.94. The molecule has 1 fully saturated rings. The summed E-state index contributed by atoms with van der Waals surface area (Å²) >= 11 is 1.71. The molecule has 0 aromatic carbocycles. The Balaban J connectivity index is 1.96. The summed E-state index contributed by atoms with van der Waals surface area (Å²) in [6, 6.07) is 2.12. The molecule has 1 N–H and O–H groups in total. The first kappa shape index (κ1) is 14.1. The monoisotopic (exact) mass is 266 g/mol. The number of aryl methyl sites for hydroxylation is 1. The number of hydrogen-bond donors (Lipinski definition) is 1. The zero-order chi connectivity index (χ0) is 13.3. The molecular formula is C16H26OS. The average Bonchev–Trinajstić information content (AvgIpc) is 2.73. The Bertz CT molecular complexity index is 380. The van der Waals surface area contributed by atoms with E-state index < -0.39 is 0 Å². The van der Waals surface area contributed by atoms with E-state index in [9.17, 15) is 5.11 Å². The van der Waals surface area contributed by atoms with Gasteiger partial charge >= 0.3 is 0 Å². The summed E-state index contributed by atoms with van der Waals surface area (Å²) < 4.78 is 0. The number of aliphatic hydroxyl groups is 1. The van der Waals surface area contributed by atoms with Crippen LogP contribution in [0.2, 0.25) is 0 Å². The maximum Gasteiger partial charge on any atom is 0.0912 e. The fourth-order valence-electron chi connectivity index (χ4n) is 3.20. The summed E-state index contributed by atoms with van der Waals surface area (Å²) in [5, 5.41) is 12.6. The minimum Gasteiger partial charge on any atom is -0.387 e. The molecule has 1 unspecified atom stereocenters. The van der Waals surface area contributed by atoms with Crippen molar-refractivity contribution >= 4 is 11.3 Å². The lowest BCUT2D eigenvalue weighted by molar-refractivity contribution is 0.0546. The molecule has 18 heavy (non-hydrogen) atoms. The van der Waals surface area contributed by atoms with Gasteiger partial charge in [-0.25, -0.2) is 0 Å². The van der Waals surface area contributed by atoms with Crippen LogP contribution in [0, 0.1) is 24.2 Å². The van der Waals surface area contributed by atoms with E-state index >= 15 is 0 Å². The third kappa shape index (κ3) is 2.97. The Morgan fingerprint density at radius 1 is 1.22 bits per heavy atom. The number of hydrogen-bond acceptors (Lipinski definition) is 2. The molecule has 0 spiro atoms. The third-order valence-electron chi connectivity index (χ3n) is 4.61. The van der Waals surface area contributed by atoms with Gasteiger partial charge in [-0.2, -0.15) is 0 Å². The van der Waals surface area contributed by atoms with E-state index in [1.807, 2.05) is 0 Å². The van der Waals surface area contributed by atoms with E-state index in [0.29, 0.717) is 11.3 Å². The summed E-state index contributed by atoms with van der Waals surface area (Å²) in [7, 11) is 0. The lowest BCUT2D eigenvalue weighted by Gasteiger charge is -2.38. The summed E-state index contributed by atoms with van der Waals surface area (Å²) in [6.45, 7) is 9.14. The Morgan fingerprint density at radius 3 is 2.28 bits per heavy atom. The normalized spacial score (nSPS) is 27.2. The maximum absolute atomic E-state index is 10.5. The smallest absolute Gasteiger partial charge is 0.0912 e. The molecule has 0 radical (unpaired) electrons. The number of thiophene rings is 1. The highest BCUT2D eigenvalue weighted by atomic mass is 32.1. The molecule has 2 rings (SSSR count). The van der Waals surface area contributed by atoms with E-state index in [4.69, 9.17) is 0 Å². The van der Waals surface area contributed by atoms with Gasteiger partial charge in [0.05, 0.1) is 6.10 Å². The molecule has 0 bridgehead atoms. The van der Waals surface area contributed by atoms with Gasteiger partial charge in [0.15, 0.2) is 0 Å². The zero-order valence-corrected chi connectivity index (χ0v) is 12.9. The van der Waals surface area contributed by atoms with Crippen molar-refractivity contribution < 1.29 is 5.11 Å². The number of aliphatic hydroxyl groups excluding tert-OH is 1. The molecule has 1 aliphatic carbocycles. The minimum atomic E-state index is -0.231. The van der Waals surface area contributed by atoms with Crippen molar-refractivity contribution in [3.8, 4) is 0 Å². The molecule has 2 heteroatoms. The van der Waals surface area contributed by atoms with Crippen molar-refractivity contribution in [2.45, 2.75) is 59.5 Å². The van der Waals surface area contributed by atoms with E-state index in [-0.39, 0.29) is 6.10 Å². The second-order valence-electron chi connectivity index (χ2n) is 6.89. The van der Waals surface area contributed by atoms with Crippen LogP contribution in [-0.2, 0) is 0 Å². The first-order valence-corrected chi connectivity index (χ1v) is 7.99. The molecule has 1 aromatic heterocycles. The average molecular weight is 266 g/mol. The topological polar surface area (TPSA) is 20.2 Å². The first-order chi connectivity index (χ1) is 8.39. The quantitative estimate of drug-likeness (QED) is 0.803. The van der Waals surface area contributed by atoms with Crippen LogP contribution in [-0.4, -0.2) is 5.11 Å². The predicted molar refractivity (Wildman–Crippen MR) is 78.9 cm³/mol. The van der Waals surface area contributed by atoms with Gasteiger partial charge in [-0.3, -0.25) is 0 Å². The van der Waals surface area contributed by atoms with E-state index in [2.05, 4.69) is 39.1 Å². The maximum atomic E-state index is 10.5. The molecule has 0 saturated heterocycles. The third-order valence-corrected chi connectivity index (χ3v) is 5.70. The minimum absolute atomic E-state index is 0.231. The van der Waals surface area contributed by atoms with Gasteiger partial charge in [-0.1, -0.05) is 20.8 Å². The SMILES string of the molecule is Cc1ccsc1C(O)C1CCC(C(C)(C)C)CC1. The van der Waals surface area contributed by atoms with Crippen molar-refractivity contribution in [3.63, 3.8) is 0 Å². The van der Waals surface area contributed by atoms with Crippen LogP contribution in [0.4, 0.5) is 0 Å². The van der Waals surface area contributed by atoms with Crippen LogP contribution in [0.3, 0.4) is 0 Å². The molecule has 102 valence electrons. The highest BCUT2D eigenvalue weighted by molar-refractivity contribution is 7.10. The van der Waals surface area contributed by atoms with Crippen LogP contribution in [0.5, 0.6) is 0 Å². The van der Waals surface area contributed by atoms with Crippen molar-refractivity contribution in [1.29, 1.82) is 0 Å². The lowest BCUT2D eigenvalue weighted by atomic mass is 9.69. The largest absolute Gasteiger partial charge is 0.387 e. The van der Waals surface area contributed by atoms with E-state index in [0.717, 1.165) is 5.92 Å². The van der Waals surface area contributed by atoms with Gasteiger partial charge in [0.25, 0.3) is 0 Å². The summed E-state index contributed by atoms with van der Waals surface area (Å²) in [5.74, 6) is 1.30. The second-order valence-corrected chi connectivity index (χ2v) is 7.84. The molecule has 1 heterocycles. The number of rotatable bonds is 2. The van der Waals surface area contributed by atoms with Gasteiger partial charge in [0, 0.05) is 4.88 Å². The van der Waals surface area contributed by atoms with E-state index in [1.165, 1.54) is 36.1 Å². The first-order valence-electron chi connectivity index (χ1n) is 7.11. The van der Waals surface area contributed by atoms with Gasteiger partial charge < -0.3 is 5.11 Å². The molecule has 0 aliphatic heterocycles. The van der Waals surface area contributed by atoms with Crippen molar-refractivity contribution in [2.75, 3.05) is 0 Å². The molecular weight excluding hydrogens is 240 g/mol. The van der Waals surface area contributed by atoms with Crippen LogP contribution < -0.4 is 0 Å². The molecule has 1 nitrogen and oxygen atoms in total. The van der Waals surface area contributed by atoms with Crippen molar-refractivity contribution in [1.82, 2.24) is 0 Å². The molecule has 1 aliphatic rings. The Hall–Kier alpha value is -0.340. The Morgan fingerprint density at radius 2 is 1.83 bits per heavy atom. The molecule has 1 atom stereocenters. The standard InChI is InChI=1S/C16H26OS/c1-11-9-10-18-15(11)14(17)12-5-7-13(8-6-12)16(2,3)4/h9-10,12-14,17H,5-8H2,1-4H3. The Kier molecular flexibility index (Phi) is 4.18. The van der Waals surface area contributed by atoms with Crippen molar-refractivity contribution in [2.24, 2.45) is 17.3 Å². The van der Waals surface area contributed by atoms with Crippen LogP contribution in [0.1, 0.15) is 63.0 Å². The zero-order valence-electron chi connectivity index (χ0n) is 12.1. The van der Waals surface area contributed by atoms with E-state index in [1.54, 1.807) is 11.3 Å². The van der Waals surface area contributed by atoms with Crippen LogP contribution >= 0.6 is 11.3 Å². The van der Waals surface area contributed by atoms with Crippen molar-refractivity contribution in [3.05, 3.63) is 21.9 Å². The second kappa shape index (κ2) is 5.34.